The lowest BCUT2D eigenvalue weighted by Gasteiger charge is -2.22. The molecule has 0 bridgehead atoms. The first-order valence-corrected chi connectivity index (χ1v) is 7.32. The second kappa shape index (κ2) is 7.58. The molecule has 1 heterocycles. The predicted octanol–water partition coefficient (Wildman–Crippen LogP) is 2.37. The van der Waals surface area contributed by atoms with Crippen molar-refractivity contribution in [1.82, 2.24) is 15.5 Å². The molecule has 118 valence electrons. The number of carbonyl (C=O) groups is 1. The standard InChI is InChI=1S/C14H14Cl2FN3O2/c15-13(16)14(22)20-11(5-17)12(21)9-3-1-8(2-4-9)10-6-18-19-7-10/h1-4,6-7,11-13,21H,5H2,(H,18,19)(H,20,22). The number of hydrogen-bond donors (Lipinski definition) is 3. The third kappa shape index (κ3) is 3.97. The Morgan fingerprint density at radius 1 is 1.32 bits per heavy atom. The third-order valence-electron chi connectivity index (χ3n) is 3.16. The van der Waals surface area contributed by atoms with Gasteiger partial charge in [0.2, 0.25) is 0 Å². The Labute approximate surface area is 136 Å². The summed E-state index contributed by atoms with van der Waals surface area (Å²) in [5.74, 6) is -0.750. The summed E-state index contributed by atoms with van der Waals surface area (Å²) in [4.78, 5) is 10.1. The zero-order chi connectivity index (χ0) is 16.1. The van der Waals surface area contributed by atoms with Crippen LogP contribution in [0.4, 0.5) is 4.39 Å². The zero-order valence-corrected chi connectivity index (χ0v) is 12.9. The van der Waals surface area contributed by atoms with Gasteiger partial charge in [0, 0.05) is 11.8 Å². The summed E-state index contributed by atoms with van der Waals surface area (Å²) >= 11 is 10.8. The smallest absolute Gasteiger partial charge is 0.253 e. The quantitative estimate of drug-likeness (QED) is 0.703. The average molecular weight is 346 g/mol. The fraction of sp³-hybridized carbons (Fsp3) is 0.286. The van der Waals surface area contributed by atoms with E-state index in [-0.39, 0.29) is 0 Å². The number of amides is 1. The van der Waals surface area contributed by atoms with Crippen molar-refractivity contribution in [3.8, 4) is 11.1 Å². The SMILES string of the molecule is O=C(NC(CF)C(O)c1ccc(-c2cn[nH]c2)cc1)C(Cl)Cl. The molecule has 2 unspecified atom stereocenters. The van der Waals surface area contributed by atoms with E-state index in [1.54, 1.807) is 36.7 Å². The van der Waals surface area contributed by atoms with Crippen molar-refractivity contribution in [2.75, 3.05) is 6.67 Å². The van der Waals surface area contributed by atoms with Gasteiger partial charge in [0.1, 0.15) is 12.8 Å². The Bertz CT molecular complexity index is 605. The minimum Gasteiger partial charge on any atom is -0.386 e. The summed E-state index contributed by atoms with van der Waals surface area (Å²) in [7, 11) is 0. The number of halogens is 3. The molecule has 0 saturated heterocycles. The molecule has 1 amide bonds. The molecule has 2 rings (SSSR count). The van der Waals surface area contributed by atoms with E-state index in [1.165, 1.54) is 0 Å². The summed E-state index contributed by atoms with van der Waals surface area (Å²) in [5, 5.41) is 19.0. The molecule has 2 aromatic rings. The fourth-order valence-corrected chi connectivity index (χ4v) is 2.09. The van der Waals surface area contributed by atoms with Gasteiger partial charge in [-0.2, -0.15) is 5.10 Å². The average Bonchev–Trinajstić information content (AvgIpc) is 3.06. The number of nitrogens with zero attached hydrogens (tertiary/aromatic N) is 1. The zero-order valence-electron chi connectivity index (χ0n) is 11.3. The molecule has 1 aromatic heterocycles. The first-order chi connectivity index (χ1) is 10.5. The molecule has 2 atom stereocenters. The van der Waals surface area contributed by atoms with E-state index < -0.39 is 29.6 Å². The predicted molar refractivity (Wildman–Crippen MR) is 82.4 cm³/mol. The fourth-order valence-electron chi connectivity index (χ4n) is 1.96. The van der Waals surface area contributed by atoms with Crippen molar-refractivity contribution >= 4 is 29.1 Å². The Kier molecular flexibility index (Phi) is 5.76. The number of aromatic nitrogens is 2. The van der Waals surface area contributed by atoms with Gasteiger partial charge in [0.05, 0.1) is 12.2 Å². The topological polar surface area (TPSA) is 78.0 Å². The van der Waals surface area contributed by atoms with Crippen LogP contribution in [0.5, 0.6) is 0 Å². The molecule has 0 aliphatic heterocycles. The highest BCUT2D eigenvalue weighted by molar-refractivity contribution is 6.53. The van der Waals surface area contributed by atoms with Crippen LogP contribution in [0, 0.1) is 0 Å². The number of aliphatic hydroxyl groups excluding tert-OH is 1. The first kappa shape index (κ1) is 16.7. The summed E-state index contributed by atoms with van der Waals surface area (Å²) in [6.45, 7) is -0.948. The molecule has 0 spiro atoms. The highest BCUT2D eigenvalue weighted by atomic mass is 35.5. The maximum Gasteiger partial charge on any atom is 0.253 e. The molecular weight excluding hydrogens is 332 g/mol. The molecule has 8 heteroatoms. The molecule has 0 saturated carbocycles. The van der Waals surface area contributed by atoms with Crippen LogP contribution in [-0.4, -0.2) is 38.8 Å². The van der Waals surface area contributed by atoms with Gasteiger partial charge in [-0.3, -0.25) is 9.89 Å². The third-order valence-corrected chi connectivity index (χ3v) is 3.55. The van der Waals surface area contributed by atoms with E-state index in [2.05, 4.69) is 15.5 Å². The Hall–Kier alpha value is -1.63. The lowest BCUT2D eigenvalue weighted by Crippen LogP contribution is -2.43. The van der Waals surface area contributed by atoms with E-state index >= 15 is 0 Å². The van der Waals surface area contributed by atoms with Crippen molar-refractivity contribution in [2.45, 2.75) is 17.0 Å². The van der Waals surface area contributed by atoms with Crippen LogP contribution in [0.3, 0.4) is 0 Å². The van der Waals surface area contributed by atoms with Crippen LogP contribution in [0.2, 0.25) is 0 Å². The van der Waals surface area contributed by atoms with Gasteiger partial charge in [0.25, 0.3) is 5.91 Å². The summed E-state index contributed by atoms with van der Waals surface area (Å²) in [6.07, 6.45) is 2.19. The number of carbonyl (C=O) groups excluding carboxylic acids is 1. The van der Waals surface area contributed by atoms with Gasteiger partial charge in [-0.25, -0.2) is 4.39 Å². The number of nitrogens with one attached hydrogen (secondary N) is 2. The number of hydrogen-bond acceptors (Lipinski definition) is 3. The second-order valence-corrected chi connectivity index (χ2v) is 5.72. The van der Waals surface area contributed by atoms with Crippen molar-refractivity contribution in [3.05, 3.63) is 42.2 Å². The first-order valence-electron chi connectivity index (χ1n) is 6.44. The van der Waals surface area contributed by atoms with Gasteiger partial charge < -0.3 is 10.4 Å². The number of alkyl halides is 3. The minimum atomic E-state index is -1.32. The van der Waals surface area contributed by atoms with Gasteiger partial charge in [-0.15, -0.1) is 0 Å². The van der Waals surface area contributed by atoms with Gasteiger partial charge >= 0.3 is 0 Å². The Morgan fingerprint density at radius 2 is 2.00 bits per heavy atom. The molecule has 22 heavy (non-hydrogen) atoms. The minimum absolute atomic E-state index is 0.468. The van der Waals surface area contributed by atoms with E-state index in [9.17, 15) is 14.3 Å². The maximum atomic E-state index is 13.0. The Balaban J connectivity index is 2.10. The normalized spacial score (nSPS) is 13.9. The number of rotatable bonds is 6. The number of aliphatic hydroxyl groups is 1. The van der Waals surface area contributed by atoms with Crippen LogP contribution in [-0.2, 0) is 4.79 Å². The van der Waals surface area contributed by atoms with E-state index in [0.717, 1.165) is 11.1 Å². The Morgan fingerprint density at radius 3 is 2.50 bits per heavy atom. The van der Waals surface area contributed by atoms with E-state index in [1.807, 2.05) is 0 Å². The second-order valence-electron chi connectivity index (χ2n) is 4.62. The van der Waals surface area contributed by atoms with Gasteiger partial charge in [0.15, 0.2) is 4.84 Å². The summed E-state index contributed by atoms with van der Waals surface area (Å²) in [5.41, 5.74) is 2.26. The lowest BCUT2D eigenvalue weighted by molar-refractivity contribution is -0.121. The lowest BCUT2D eigenvalue weighted by atomic mass is 10.00. The molecule has 0 aliphatic rings. The number of benzene rings is 1. The molecule has 0 aliphatic carbocycles. The highest BCUT2D eigenvalue weighted by Gasteiger charge is 2.25. The molecule has 3 N–H and O–H groups in total. The molecule has 0 radical (unpaired) electrons. The number of aromatic amines is 1. The van der Waals surface area contributed by atoms with Crippen molar-refractivity contribution < 1.29 is 14.3 Å². The van der Waals surface area contributed by atoms with Crippen LogP contribution in [0.1, 0.15) is 11.7 Å². The van der Waals surface area contributed by atoms with Gasteiger partial charge in [-0.05, 0) is 11.1 Å². The molecule has 0 fully saturated rings. The van der Waals surface area contributed by atoms with Crippen LogP contribution >= 0.6 is 23.2 Å². The van der Waals surface area contributed by atoms with Crippen molar-refractivity contribution in [1.29, 1.82) is 0 Å². The van der Waals surface area contributed by atoms with Gasteiger partial charge in [-0.1, -0.05) is 47.5 Å². The van der Waals surface area contributed by atoms with Crippen molar-refractivity contribution in [3.63, 3.8) is 0 Å². The molecule has 5 nitrogen and oxygen atoms in total. The van der Waals surface area contributed by atoms with E-state index in [4.69, 9.17) is 23.2 Å². The highest BCUT2D eigenvalue weighted by Crippen LogP contribution is 2.23. The number of H-pyrrole nitrogens is 1. The molecular formula is C14H14Cl2FN3O2. The summed E-state index contributed by atoms with van der Waals surface area (Å²) < 4.78 is 13.0. The van der Waals surface area contributed by atoms with Crippen LogP contribution < -0.4 is 5.32 Å². The molecule has 1 aromatic carbocycles. The summed E-state index contributed by atoms with van der Waals surface area (Å²) in [6, 6.07) is 5.73. The van der Waals surface area contributed by atoms with E-state index in [0.29, 0.717) is 5.56 Å². The largest absolute Gasteiger partial charge is 0.386 e. The maximum absolute atomic E-state index is 13.0. The van der Waals surface area contributed by atoms with Crippen LogP contribution in [0.25, 0.3) is 11.1 Å². The van der Waals surface area contributed by atoms with Crippen LogP contribution in [0.15, 0.2) is 36.7 Å². The monoisotopic (exact) mass is 345 g/mol. The van der Waals surface area contributed by atoms with Crippen molar-refractivity contribution in [2.24, 2.45) is 0 Å².